The minimum Gasteiger partial charge on any atom is -0.481 e. The predicted molar refractivity (Wildman–Crippen MR) is 66.4 cm³/mol. The molecule has 0 aromatic heterocycles. The third-order valence-electron chi connectivity index (χ3n) is 1.64. The van der Waals surface area contributed by atoms with Crippen molar-refractivity contribution in [3.8, 4) is 0 Å². The summed E-state index contributed by atoms with van der Waals surface area (Å²) in [6.07, 6.45) is -0.845. The molecule has 0 atom stereocenters. The molecule has 0 bridgehead atoms. The summed E-state index contributed by atoms with van der Waals surface area (Å²) in [5.74, 6) is -0.998. The number of rotatable bonds is 4. The van der Waals surface area contributed by atoms with Crippen LogP contribution < -0.4 is 5.32 Å². The highest BCUT2D eigenvalue weighted by Gasteiger charge is 2.04. The summed E-state index contributed by atoms with van der Waals surface area (Å²) < 4.78 is 5.71. The largest absolute Gasteiger partial charge is 0.481 e. The predicted octanol–water partition coefficient (Wildman–Crippen LogP) is 2.31. The van der Waals surface area contributed by atoms with E-state index in [1.54, 1.807) is 12.1 Å². The van der Waals surface area contributed by atoms with E-state index >= 15 is 0 Å². The first-order chi connectivity index (χ1) is 7.58. The molecular formula is C10H10INO4. The van der Waals surface area contributed by atoms with Gasteiger partial charge in [0.25, 0.3) is 0 Å². The van der Waals surface area contributed by atoms with Gasteiger partial charge in [0, 0.05) is 9.26 Å². The molecule has 86 valence electrons. The second-order valence-corrected chi connectivity index (χ2v) is 4.16. The average Bonchev–Trinajstić information content (AvgIpc) is 2.21. The molecule has 0 radical (unpaired) electrons. The lowest BCUT2D eigenvalue weighted by Gasteiger charge is -2.05. The number of anilines is 1. The van der Waals surface area contributed by atoms with Crippen LogP contribution >= 0.6 is 22.6 Å². The van der Waals surface area contributed by atoms with Crippen LogP contribution in [0.25, 0.3) is 0 Å². The Morgan fingerprint density at radius 1 is 1.31 bits per heavy atom. The second kappa shape index (κ2) is 6.31. The fourth-order valence-electron chi connectivity index (χ4n) is 0.918. The van der Waals surface area contributed by atoms with Crippen LogP contribution in [0.15, 0.2) is 24.3 Å². The second-order valence-electron chi connectivity index (χ2n) is 2.91. The van der Waals surface area contributed by atoms with Crippen molar-refractivity contribution in [3.63, 3.8) is 0 Å². The molecular weight excluding hydrogens is 325 g/mol. The van der Waals surface area contributed by atoms with Gasteiger partial charge in [-0.2, -0.15) is 0 Å². The van der Waals surface area contributed by atoms with Gasteiger partial charge in [0.2, 0.25) is 0 Å². The number of halogens is 1. The Kier molecular flexibility index (Phi) is 5.03. The third-order valence-corrected chi connectivity index (χ3v) is 2.36. The number of carbonyl (C=O) groups excluding carboxylic acids is 1. The van der Waals surface area contributed by atoms with Crippen molar-refractivity contribution in [1.82, 2.24) is 0 Å². The van der Waals surface area contributed by atoms with E-state index in [2.05, 4.69) is 32.6 Å². The van der Waals surface area contributed by atoms with E-state index in [1.807, 2.05) is 12.1 Å². The maximum absolute atomic E-state index is 11.2. The van der Waals surface area contributed by atoms with Crippen LogP contribution in [0.3, 0.4) is 0 Å². The smallest absolute Gasteiger partial charge is 0.411 e. The Labute approximate surface area is 106 Å². The molecule has 1 aromatic carbocycles. The number of carbonyl (C=O) groups is 2. The zero-order valence-corrected chi connectivity index (χ0v) is 10.4. The SMILES string of the molecule is O=C(O)CCOC(=O)Nc1ccc(I)cc1. The molecule has 2 N–H and O–H groups in total. The molecule has 1 rings (SSSR count). The van der Waals surface area contributed by atoms with Crippen molar-refractivity contribution in [1.29, 1.82) is 0 Å². The van der Waals surface area contributed by atoms with Crippen LogP contribution in [-0.4, -0.2) is 23.8 Å². The van der Waals surface area contributed by atoms with Gasteiger partial charge in [-0.3, -0.25) is 10.1 Å². The van der Waals surface area contributed by atoms with E-state index in [1.165, 1.54) is 0 Å². The molecule has 5 nitrogen and oxygen atoms in total. The molecule has 1 aromatic rings. The molecule has 6 heteroatoms. The van der Waals surface area contributed by atoms with Crippen molar-refractivity contribution < 1.29 is 19.4 Å². The maximum atomic E-state index is 11.2. The summed E-state index contributed by atoms with van der Waals surface area (Å²) in [6, 6.07) is 7.15. The van der Waals surface area contributed by atoms with Crippen molar-refractivity contribution in [2.75, 3.05) is 11.9 Å². The van der Waals surface area contributed by atoms with Crippen molar-refractivity contribution in [2.24, 2.45) is 0 Å². The first kappa shape index (κ1) is 12.8. The standard InChI is InChI=1S/C10H10INO4/c11-7-1-3-8(4-2-7)12-10(15)16-6-5-9(13)14/h1-4H,5-6H2,(H,12,15)(H,13,14). The van der Waals surface area contributed by atoms with Crippen LogP contribution in [0.1, 0.15) is 6.42 Å². The number of hydrogen-bond acceptors (Lipinski definition) is 3. The Balaban J connectivity index is 2.34. The van der Waals surface area contributed by atoms with Crippen molar-refractivity contribution >= 4 is 40.3 Å². The topological polar surface area (TPSA) is 75.6 Å². The van der Waals surface area contributed by atoms with Crippen LogP contribution in [0.5, 0.6) is 0 Å². The fourth-order valence-corrected chi connectivity index (χ4v) is 1.28. The zero-order chi connectivity index (χ0) is 12.0. The Bertz CT molecular complexity index is 377. The van der Waals surface area contributed by atoms with E-state index < -0.39 is 12.1 Å². The van der Waals surface area contributed by atoms with Crippen LogP contribution in [0.4, 0.5) is 10.5 Å². The molecule has 0 spiro atoms. The highest BCUT2D eigenvalue weighted by molar-refractivity contribution is 14.1. The molecule has 0 saturated carbocycles. The number of ether oxygens (including phenoxy) is 1. The third kappa shape index (κ3) is 4.96. The fraction of sp³-hybridized carbons (Fsp3) is 0.200. The van der Waals surface area contributed by atoms with Gasteiger partial charge in [-0.15, -0.1) is 0 Å². The molecule has 0 saturated heterocycles. The number of aliphatic carboxylic acids is 1. The minimum atomic E-state index is -0.998. The van der Waals surface area contributed by atoms with Crippen molar-refractivity contribution in [2.45, 2.75) is 6.42 Å². The lowest BCUT2D eigenvalue weighted by molar-refractivity contribution is -0.137. The Morgan fingerprint density at radius 3 is 2.50 bits per heavy atom. The Hall–Kier alpha value is -1.31. The highest BCUT2D eigenvalue weighted by Crippen LogP contribution is 2.11. The summed E-state index contributed by atoms with van der Waals surface area (Å²) in [5.41, 5.74) is 0.612. The monoisotopic (exact) mass is 335 g/mol. The van der Waals surface area contributed by atoms with E-state index in [4.69, 9.17) is 5.11 Å². The molecule has 0 fully saturated rings. The van der Waals surface area contributed by atoms with E-state index in [9.17, 15) is 9.59 Å². The van der Waals surface area contributed by atoms with Gasteiger partial charge in [0.15, 0.2) is 0 Å². The molecule has 0 aliphatic carbocycles. The number of hydrogen-bond donors (Lipinski definition) is 2. The molecule has 16 heavy (non-hydrogen) atoms. The maximum Gasteiger partial charge on any atom is 0.411 e. The van der Waals surface area contributed by atoms with Crippen LogP contribution in [0, 0.1) is 3.57 Å². The number of amides is 1. The van der Waals surface area contributed by atoms with Gasteiger partial charge in [-0.25, -0.2) is 4.79 Å². The first-order valence-corrected chi connectivity index (χ1v) is 5.57. The zero-order valence-electron chi connectivity index (χ0n) is 8.27. The van der Waals surface area contributed by atoms with E-state index in [0.717, 1.165) is 3.57 Å². The van der Waals surface area contributed by atoms with Gasteiger partial charge in [-0.05, 0) is 46.9 Å². The van der Waals surface area contributed by atoms with Gasteiger partial charge in [0.1, 0.15) is 6.61 Å². The average molecular weight is 335 g/mol. The summed E-state index contributed by atoms with van der Waals surface area (Å²) in [4.78, 5) is 21.3. The van der Waals surface area contributed by atoms with E-state index in [-0.39, 0.29) is 13.0 Å². The number of carboxylic acid groups (broad SMARTS) is 1. The first-order valence-electron chi connectivity index (χ1n) is 4.49. The van der Waals surface area contributed by atoms with Crippen molar-refractivity contribution in [3.05, 3.63) is 27.8 Å². The molecule has 0 unspecified atom stereocenters. The van der Waals surface area contributed by atoms with Gasteiger partial charge in [0.05, 0.1) is 6.42 Å². The molecule has 0 heterocycles. The van der Waals surface area contributed by atoms with Gasteiger partial charge < -0.3 is 9.84 Å². The molecule has 0 aliphatic heterocycles. The summed E-state index contributed by atoms with van der Waals surface area (Å²) >= 11 is 2.15. The number of nitrogens with one attached hydrogen (secondary N) is 1. The lowest BCUT2D eigenvalue weighted by atomic mass is 10.3. The lowest BCUT2D eigenvalue weighted by Crippen LogP contribution is -2.15. The quantitative estimate of drug-likeness (QED) is 0.828. The molecule has 1 amide bonds. The van der Waals surface area contributed by atoms with Gasteiger partial charge >= 0.3 is 12.1 Å². The number of benzene rings is 1. The van der Waals surface area contributed by atoms with E-state index in [0.29, 0.717) is 5.69 Å². The Morgan fingerprint density at radius 2 is 1.94 bits per heavy atom. The minimum absolute atomic E-state index is 0.133. The van der Waals surface area contributed by atoms with Crippen LogP contribution in [-0.2, 0) is 9.53 Å². The highest BCUT2D eigenvalue weighted by atomic mass is 127. The number of carboxylic acids is 1. The summed E-state index contributed by atoms with van der Waals surface area (Å²) in [5, 5.41) is 10.8. The normalized spacial score (nSPS) is 9.56. The van der Waals surface area contributed by atoms with Gasteiger partial charge in [-0.1, -0.05) is 0 Å². The summed E-state index contributed by atoms with van der Waals surface area (Å²) in [7, 11) is 0. The molecule has 0 aliphatic rings. The summed E-state index contributed by atoms with van der Waals surface area (Å²) in [6.45, 7) is -0.133. The van der Waals surface area contributed by atoms with Crippen LogP contribution in [0.2, 0.25) is 0 Å².